The van der Waals surface area contributed by atoms with Crippen molar-refractivity contribution in [2.45, 2.75) is 117 Å². The minimum Gasteiger partial charge on any atom is -0.361 e. The molecule has 0 amide bonds. The van der Waals surface area contributed by atoms with Crippen molar-refractivity contribution in [3.63, 3.8) is 0 Å². The van der Waals surface area contributed by atoms with E-state index in [-0.39, 0.29) is 5.41 Å². The Bertz CT molecular complexity index is 387. The number of hydrogen-bond acceptors (Lipinski definition) is 3. The van der Waals surface area contributed by atoms with Gasteiger partial charge in [-0.3, -0.25) is 0 Å². The van der Waals surface area contributed by atoms with Crippen molar-refractivity contribution < 1.29 is 4.84 Å². The molecule has 3 nitrogen and oxygen atoms in total. The van der Waals surface area contributed by atoms with Crippen molar-refractivity contribution >= 4 is 5.84 Å². The number of rotatable bonds is 16. The summed E-state index contributed by atoms with van der Waals surface area (Å²) in [5.41, 5.74) is 2.95. The fourth-order valence-electron chi connectivity index (χ4n) is 3.45. The predicted molar refractivity (Wildman–Crippen MR) is 110 cm³/mol. The van der Waals surface area contributed by atoms with E-state index in [4.69, 9.17) is 4.84 Å². The van der Waals surface area contributed by atoms with Gasteiger partial charge >= 0.3 is 0 Å². The molecule has 0 fully saturated rings. The summed E-state index contributed by atoms with van der Waals surface area (Å²) in [6.45, 7) is 10.5. The largest absolute Gasteiger partial charge is 0.361 e. The molecule has 0 bridgehead atoms. The van der Waals surface area contributed by atoms with Crippen LogP contribution >= 0.6 is 0 Å². The van der Waals surface area contributed by atoms with Gasteiger partial charge in [0.25, 0.3) is 0 Å². The number of unbranched alkanes of at least 4 members (excludes halogenated alkanes) is 13. The molecule has 0 aromatic rings. The Kier molecular flexibility index (Phi) is 11.7. The van der Waals surface area contributed by atoms with Gasteiger partial charge in [-0.2, -0.15) is 4.99 Å². The molecule has 1 aliphatic heterocycles. The van der Waals surface area contributed by atoms with E-state index >= 15 is 0 Å². The zero-order valence-electron chi connectivity index (χ0n) is 17.2. The van der Waals surface area contributed by atoms with Gasteiger partial charge in [-0.05, 0) is 13.0 Å². The number of hydroxylamine groups is 1. The molecule has 0 radical (unpaired) electrons. The topological polar surface area (TPSA) is 33.6 Å². The number of nitrogens with zero attached hydrogens (tertiary/aromatic N) is 1. The average molecular weight is 351 g/mol. The Balaban J connectivity index is 1.86. The van der Waals surface area contributed by atoms with Crippen molar-refractivity contribution in [2.24, 2.45) is 10.4 Å². The van der Waals surface area contributed by atoms with E-state index in [1.165, 1.54) is 89.9 Å². The molecule has 0 unspecified atom stereocenters. The quantitative estimate of drug-likeness (QED) is 0.296. The summed E-state index contributed by atoms with van der Waals surface area (Å²) in [6, 6.07) is 0. The van der Waals surface area contributed by atoms with Gasteiger partial charge in [0, 0.05) is 5.41 Å². The second kappa shape index (κ2) is 13.2. The molecular formula is C22H42N2O. The molecule has 0 aromatic heterocycles. The molecule has 0 aromatic carbocycles. The fraction of sp³-hybridized carbons (Fsp3) is 0.864. The molecule has 0 spiro atoms. The lowest BCUT2D eigenvalue weighted by atomic mass is 9.85. The van der Waals surface area contributed by atoms with Crippen LogP contribution in [0.15, 0.2) is 17.5 Å². The summed E-state index contributed by atoms with van der Waals surface area (Å²) in [5, 5.41) is 0. The van der Waals surface area contributed by atoms with Crippen molar-refractivity contribution in [1.29, 1.82) is 0 Å². The van der Waals surface area contributed by atoms with E-state index in [2.05, 4.69) is 37.8 Å². The van der Waals surface area contributed by atoms with Gasteiger partial charge in [0.05, 0.1) is 0 Å². The third kappa shape index (κ3) is 10.6. The van der Waals surface area contributed by atoms with E-state index < -0.39 is 0 Å². The molecule has 25 heavy (non-hydrogen) atoms. The molecular weight excluding hydrogens is 308 g/mol. The monoisotopic (exact) mass is 350 g/mol. The van der Waals surface area contributed by atoms with Gasteiger partial charge in [0.15, 0.2) is 0 Å². The highest BCUT2D eigenvalue weighted by Gasteiger charge is 2.28. The Morgan fingerprint density at radius 2 is 1.24 bits per heavy atom. The maximum absolute atomic E-state index is 5.13. The lowest BCUT2D eigenvalue weighted by Gasteiger charge is -2.23. The van der Waals surface area contributed by atoms with Crippen molar-refractivity contribution in [2.75, 3.05) is 0 Å². The summed E-state index contributed by atoms with van der Waals surface area (Å²) < 4.78 is 0. The van der Waals surface area contributed by atoms with Crippen molar-refractivity contribution in [3.05, 3.63) is 12.5 Å². The molecule has 1 rings (SSSR count). The Hall–Kier alpha value is -0.990. The minimum absolute atomic E-state index is 0.0522. The molecule has 0 aliphatic carbocycles. The average Bonchev–Trinajstić information content (AvgIpc) is 3.02. The van der Waals surface area contributed by atoms with E-state index in [1.54, 1.807) is 0 Å². The first-order chi connectivity index (χ1) is 12.1. The molecule has 146 valence electrons. The van der Waals surface area contributed by atoms with Crippen LogP contribution in [0, 0.1) is 5.41 Å². The van der Waals surface area contributed by atoms with Crippen LogP contribution in [0.4, 0.5) is 0 Å². The van der Waals surface area contributed by atoms with Crippen LogP contribution in [-0.2, 0) is 4.84 Å². The van der Waals surface area contributed by atoms with Crippen LogP contribution in [-0.4, -0.2) is 5.84 Å². The van der Waals surface area contributed by atoms with Crippen LogP contribution in [0.3, 0.4) is 0 Å². The van der Waals surface area contributed by atoms with Gasteiger partial charge in [-0.25, -0.2) is 5.48 Å². The summed E-state index contributed by atoms with van der Waals surface area (Å²) in [4.78, 5) is 9.46. The minimum atomic E-state index is 0.0522. The fourth-order valence-corrected chi connectivity index (χ4v) is 3.45. The van der Waals surface area contributed by atoms with E-state index in [0.29, 0.717) is 5.88 Å². The van der Waals surface area contributed by atoms with Crippen LogP contribution in [0.2, 0.25) is 0 Å². The second-order valence-corrected chi connectivity index (χ2v) is 8.29. The molecule has 0 saturated heterocycles. The first-order valence-corrected chi connectivity index (χ1v) is 10.8. The van der Waals surface area contributed by atoms with E-state index in [9.17, 15) is 0 Å². The Morgan fingerprint density at radius 3 is 1.64 bits per heavy atom. The Morgan fingerprint density at radius 1 is 0.800 bits per heavy atom. The molecule has 1 N–H and O–H groups in total. The van der Waals surface area contributed by atoms with Crippen LogP contribution in [0.1, 0.15) is 117 Å². The standard InChI is InChI=1S/C22H42N2O/c1-5-6-7-8-9-10-11-12-13-14-15-16-17-18-19-22(3,4)21-23-20(2)25-24-21/h2,5-19H2,1,3-4H3,(H,23,24). The zero-order valence-corrected chi connectivity index (χ0v) is 17.2. The first kappa shape index (κ1) is 22.1. The molecule has 0 atom stereocenters. The highest BCUT2D eigenvalue weighted by Crippen LogP contribution is 2.28. The third-order valence-electron chi connectivity index (χ3n) is 5.30. The molecule has 1 aliphatic rings. The molecule has 1 heterocycles. The van der Waals surface area contributed by atoms with Crippen LogP contribution in [0.5, 0.6) is 0 Å². The van der Waals surface area contributed by atoms with Gasteiger partial charge < -0.3 is 4.84 Å². The number of hydrogen-bond donors (Lipinski definition) is 1. The van der Waals surface area contributed by atoms with Crippen LogP contribution < -0.4 is 5.48 Å². The smallest absolute Gasteiger partial charge is 0.240 e. The van der Waals surface area contributed by atoms with Gasteiger partial charge in [-0.1, -0.05) is 111 Å². The van der Waals surface area contributed by atoms with Gasteiger partial charge in [0.2, 0.25) is 5.88 Å². The second-order valence-electron chi connectivity index (χ2n) is 8.29. The normalized spacial score (nSPS) is 14.4. The first-order valence-electron chi connectivity index (χ1n) is 10.8. The van der Waals surface area contributed by atoms with Crippen molar-refractivity contribution in [1.82, 2.24) is 5.48 Å². The third-order valence-corrected chi connectivity index (χ3v) is 5.30. The molecule has 0 saturated carbocycles. The molecule has 3 heteroatoms. The SMILES string of the molecule is C=C1N=C(C(C)(C)CCCCCCCCCCCCCCCC)NO1. The number of amidine groups is 1. The maximum atomic E-state index is 5.13. The summed E-state index contributed by atoms with van der Waals surface area (Å²) in [6.07, 6.45) is 20.8. The highest BCUT2D eigenvalue weighted by molar-refractivity contribution is 5.88. The predicted octanol–water partition coefficient (Wildman–Crippen LogP) is 7.29. The lowest BCUT2D eigenvalue weighted by Crippen LogP contribution is -2.33. The lowest BCUT2D eigenvalue weighted by molar-refractivity contribution is 0.171. The van der Waals surface area contributed by atoms with Gasteiger partial charge in [0.1, 0.15) is 5.84 Å². The number of nitrogens with one attached hydrogen (secondary N) is 1. The van der Waals surface area contributed by atoms with Gasteiger partial charge in [-0.15, -0.1) is 0 Å². The zero-order chi connectivity index (χ0) is 18.4. The summed E-state index contributed by atoms with van der Waals surface area (Å²) >= 11 is 0. The van der Waals surface area contributed by atoms with Crippen LogP contribution in [0.25, 0.3) is 0 Å². The van der Waals surface area contributed by atoms with E-state index in [1.807, 2.05) is 0 Å². The Labute approximate surface area is 156 Å². The van der Waals surface area contributed by atoms with Crippen molar-refractivity contribution in [3.8, 4) is 0 Å². The maximum Gasteiger partial charge on any atom is 0.240 e. The number of aliphatic imine (C=N–C) groups is 1. The summed E-state index contributed by atoms with van der Waals surface area (Å²) in [5.74, 6) is 1.40. The highest BCUT2D eigenvalue weighted by atomic mass is 16.7. The summed E-state index contributed by atoms with van der Waals surface area (Å²) in [7, 11) is 0. The van der Waals surface area contributed by atoms with E-state index in [0.717, 1.165) is 12.3 Å².